The number of anilines is 6. The topological polar surface area (TPSA) is 203 Å². The number of halogens is 1. The zero-order chi connectivity index (χ0) is 62.1. The minimum absolute atomic E-state index is 0.0552. The molecule has 23 heteroatoms. The van der Waals surface area contributed by atoms with Gasteiger partial charge in [-0.2, -0.15) is 24.3 Å². The molecule has 7 aromatic rings. The molecule has 2 aromatic carbocycles. The van der Waals surface area contributed by atoms with Gasteiger partial charge in [0.2, 0.25) is 0 Å². The molecule has 0 spiro atoms. The quantitative estimate of drug-likeness (QED) is 0.123. The lowest BCUT2D eigenvalue weighted by molar-refractivity contribution is 0.0187. The molecular formula is C62H83BrN14O8. The average molecular weight is 1230 g/mol. The first-order chi connectivity index (χ1) is 39.7. The molecule has 0 bridgehead atoms. The standard InChI is InChI=1S/C33H44N8O4.C29H39BrN6O4/c1-32(2,3)44-30(42)39-15-11-12-22(21-39)27-17-28(41-29(36-27)26(19-35-41)23-18-34-38(9)20-23)40(31(43)45-33(4,5)6)25-14-10-13-24(16-25)37(7)8;1-28(2,3)39-26(37)34-14-10-11-19(18-34)23-16-24(36-25(32-23)22(30)17-31-36)35(27(38)40-29(4,5)6)21-13-9-12-20(15-21)33(7)8/h10,13-14,16-20,22H,11-12,15,21H2,1-9H3;9,12-13,15-17,19H,10-11,14,18H2,1-8H3. The van der Waals surface area contributed by atoms with E-state index in [-0.39, 0.29) is 24.0 Å². The van der Waals surface area contributed by atoms with Crippen LogP contribution in [0.25, 0.3) is 22.4 Å². The molecule has 7 heterocycles. The summed E-state index contributed by atoms with van der Waals surface area (Å²) in [4.78, 5) is 74.4. The number of aromatic nitrogens is 8. The van der Waals surface area contributed by atoms with Crippen LogP contribution in [0, 0.1) is 0 Å². The lowest BCUT2D eigenvalue weighted by atomic mass is 9.94. The minimum Gasteiger partial charge on any atom is -0.444 e. The molecule has 2 fully saturated rings. The maximum Gasteiger partial charge on any atom is 0.420 e. The second-order valence-electron chi connectivity index (χ2n) is 26.0. The summed E-state index contributed by atoms with van der Waals surface area (Å²) in [6.07, 6.45) is 8.58. The van der Waals surface area contributed by atoms with Crippen molar-refractivity contribution >= 4 is 86.0 Å². The maximum atomic E-state index is 14.1. The Bertz CT molecular complexity index is 3550. The number of likely N-dealkylation sites (tertiary alicyclic amines) is 2. The van der Waals surface area contributed by atoms with E-state index in [0.717, 1.165) is 59.6 Å². The minimum atomic E-state index is -0.744. The summed E-state index contributed by atoms with van der Waals surface area (Å²) in [5.41, 5.74) is 4.72. The Balaban J connectivity index is 0.000000223. The molecule has 0 aliphatic carbocycles. The van der Waals surface area contributed by atoms with Crippen molar-refractivity contribution < 1.29 is 38.1 Å². The molecule has 9 rings (SSSR count). The van der Waals surface area contributed by atoms with Crippen LogP contribution < -0.4 is 19.6 Å². The zero-order valence-corrected chi connectivity index (χ0v) is 53.9. The Morgan fingerprint density at radius 2 is 0.953 bits per heavy atom. The number of nitrogens with zero attached hydrogens (tertiary/aromatic N) is 14. The van der Waals surface area contributed by atoms with Crippen LogP contribution in [0.3, 0.4) is 0 Å². The molecule has 0 radical (unpaired) electrons. The average Bonchev–Trinajstić information content (AvgIpc) is 2.01. The third-order valence-corrected chi connectivity index (χ3v) is 14.3. The highest BCUT2D eigenvalue weighted by Crippen LogP contribution is 2.39. The summed E-state index contributed by atoms with van der Waals surface area (Å²) in [7, 11) is 9.65. The first-order valence-corrected chi connectivity index (χ1v) is 29.5. The van der Waals surface area contributed by atoms with Gasteiger partial charge in [0.15, 0.2) is 11.3 Å². The Hall–Kier alpha value is -7.95. The van der Waals surface area contributed by atoms with Gasteiger partial charge in [-0.3, -0.25) is 4.68 Å². The van der Waals surface area contributed by atoms with Gasteiger partial charge < -0.3 is 38.5 Å². The SMILES string of the molecule is CN(C)c1cccc(N(C(=O)OC(C)(C)C)c2cc(C3CCCN(C(=O)OC(C)(C)C)C3)nc3c(-c4cnn(C)c4)cnn23)c1.CN(C)c1cccc(N(C(=O)OC(C)(C)C)c2cc(C3CCCN(C(=O)OC(C)(C)C)C3)nc3c(Br)cnn23)c1. The molecule has 0 saturated carbocycles. The van der Waals surface area contributed by atoms with E-state index in [1.165, 1.54) is 4.90 Å². The van der Waals surface area contributed by atoms with Gasteiger partial charge in [-0.1, -0.05) is 12.1 Å². The van der Waals surface area contributed by atoms with Gasteiger partial charge in [0.05, 0.1) is 45.8 Å². The number of benzene rings is 2. The van der Waals surface area contributed by atoms with E-state index < -0.39 is 34.6 Å². The number of rotatable bonds is 9. The second kappa shape index (κ2) is 24.9. The Morgan fingerprint density at radius 1 is 0.541 bits per heavy atom. The van der Waals surface area contributed by atoms with Crippen molar-refractivity contribution in [3.8, 4) is 11.1 Å². The highest BCUT2D eigenvalue weighted by atomic mass is 79.9. The Labute approximate surface area is 507 Å². The molecule has 2 saturated heterocycles. The molecule has 85 heavy (non-hydrogen) atoms. The van der Waals surface area contributed by atoms with Crippen molar-refractivity contribution in [1.29, 1.82) is 0 Å². The summed E-state index contributed by atoms with van der Waals surface area (Å²) >= 11 is 3.58. The maximum absolute atomic E-state index is 14.1. The van der Waals surface area contributed by atoms with Crippen LogP contribution in [0.4, 0.5) is 53.6 Å². The number of amides is 4. The van der Waals surface area contributed by atoms with E-state index in [9.17, 15) is 19.2 Å². The van der Waals surface area contributed by atoms with Crippen molar-refractivity contribution in [2.45, 2.75) is 143 Å². The van der Waals surface area contributed by atoms with Crippen molar-refractivity contribution in [3.05, 3.63) is 101 Å². The summed E-state index contributed by atoms with van der Waals surface area (Å²) in [5.74, 6) is 0.815. The Morgan fingerprint density at radius 3 is 1.36 bits per heavy atom. The summed E-state index contributed by atoms with van der Waals surface area (Å²) in [6, 6.07) is 19.1. The number of ether oxygens (including phenoxy) is 4. The van der Waals surface area contributed by atoms with Crippen molar-refractivity contribution in [1.82, 2.24) is 48.8 Å². The van der Waals surface area contributed by atoms with Crippen molar-refractivity contribution in [2.75, 3.05) is 74.0 Å². The first kappa shape index (κ1) is 63.1. The van der Waals surface area contributed by atoms with Gasteiger partial charge in [0.25, 0.3) is 0 Å². The molecule has 22 nitrogen and oxygen atoms in total. The summed E-state index contributed by atoms with van der Waals surface area (Å²) < 4.78 is 28.9. The van der Waals surface area contributed by atoms with Gasteiger partial charge >= 0.3 is 24.4 Å². The molecule has 0 N–H and O–H groups in total. The lowest BCUT2D eigenvalue weighted by Gasteiger charge is -2.34. The van der Waals surface area contributed by atoms with Crippen LogP contribution in [0.1, 0.15) is 132 Å². The van der Waals surface area contributed by atoms with Gasteiger partial charge in [-0.25, -0.2) is 38.9 Å². The van der Waals surface area contributed by atoms with E-state index in [4.69, 9.17) is 34.0 Å². The fraction of sp³-hybridized carbons (Fsp3) is 0.500. The van der Waals surface area contributed by atoms with Crippen LogP contribution in [0.5, 0.6) is 0 Å². The predicted octanol–water partition coefficient (Wildman–Crippen LogP) is 13.1. The summed E-state index contributed by atoms with van der Waals surface area (Å²) in [5, 5.41) is 13.6. The molecule has 2 aliphatic rings. The van der Waals surface area contributed by atoms with Gasteiger partial charge in [0.1, 0.15) is 34.0 Å². The van der Waals surface area contributed by atoms with E-state index in [1.807, 2.05) is 195 Å². The molecule has 5 aromatic heterocycles. The smallest absolute Gasteiger partial charge is 0.420 e. The van der Waals surface area contributed by atoms with E-state index >= 15 is 0 Å². The van der Waals surface area contributed by atoms with Crippen LogP contribution >= 0.6 is 15.9 Å². The second-order valence-corrected chi connectivity index (χ2v) is 26.8. The largest absolute Gasteiger partial charge is 0.444 e. The van der Waals surface area contributed by atoms with E-state index in [0.29, 0.717) is 65.0 Å². The first-order valence-electron chi connectivity index (χ1n) is 28.7. The fourth-order valence-electron chi connectivity index (χ4n) is 9.92. The van der Waals surface area contributed by atoms with Crippen LogP contribution in [0.15, 0.2) is 89.9 Å². The van der Waals surface area contributed by atoms with Crippen molar-refractivity contribution in [3.63, 3.8) is 0 Å². The molecular weight excluding hydrogens is 1150 g/mol. The van der Waals surface area contributed by atoms with Crippen LogP contribution in [-0.2, 0) is 26.0 Å². The molecule has 4 amide bonds. The van der Waals surface area contributed by atoms with E-state index in [1.54, 1.807) is 47.0 Å². The molecule has 2 atom stereocenters. The molecule has 2 unspecified atom stereocenters. The number of fused-ring (bicyclic) bond motifs is 2. The number of piperidine rings is 2. The lowest BCUT2D eigenvalue weighted by Crippen LogP contribution is -2.42. The predicted molar refractivity (Wildman–Crippen MR) is 334 cm³/mol. The third kappa shape index (κ3) is 15.7. The van der Waals surface area contributed by atoms with Crippen LogP contribution in [-0.4, -0.2) is 150 Å². The number of carbonyl (C=O) groups is 4. The van der Waals surface area contributed by atoms with Gasteiger partial charge in [-0.15, -0.1) is 0 Å². The van der Waals surface area contributed by atoms with Gasteiger partial charge in [-0.05, 0) is 161 Å². The van der Waals surface area contributed by atoms with Crippen LogP contribution in [0.2, 0.25) is 0 Å². The number of hydrogen-bond acceptors (Lipinski definition) is 15. The monoisotopic (exact) mass is 1230 g/mol. The van der Waals surface area contributed by atoms with E-state index in [2.05, 4.69) is 26.1 Å². The fourth-order valence-corrected chi connectivity index (χ4v) is 10.3. The normalized spacial score (nSPS) is 15.9. The molecule has 2 aliphatic heterocycles. The molecule has 456 valence electrons. The third-order valence-electron chi connectivity index (χ3n) is 13.7. The highest BCUT2D eigenvalue weighted by molar-refractivity contribution is 9.10. The summed E-state index contributed by atoms with van der Waals surface area (Å²) in [6.45, 7) is 24.4. The number of hydrogen-bond donors (Lipinski definition) is 0. The number of carbonyl (C=O) groups excluding carboxylic acids is 4. The number of aryl methyl sites for hydroxylation is 1. The highest BCUT2D eigenvalue weighted by Gasteiger charge is 2.36. The van der Waals surface area contributed by atoms with Crippen molar-refractivity contribution in [2.24, 2.45) is 7.05 Å². The Kier molecular flexibility index (Phi) is 18.5. The van der Waals surface area contributed by atoms with Gasteiger partial charge in [0, 0.05) is 114 Å². The zero-order valence-electron chi connectivity index (χ0n) is 52.3.